The zero-order valence-electron chi connectivity index (χ0n) is 22.4. The third-order valence-electron chi connectivity index (χ3n) is 7.32. The molecule has 33 heavy (non-hydrogen) atoms. The van der Waals surface area contributed by atoms with Crippen molar-refractivity contribution in [3.8, 4) is 0 Å². The van der Waals surface area contributed by atoms with Crippen LogP contribution in [0.4, 0.5) is 0 Å². The molecule has 1 amide bonds. The Morgan fingerprint density at radius 3 is 1.33 bits per heavy atom. The van der Waals surface area contributed by atoms with E-state index in [0.29, 0.717) is 11.7 Å². The van der Waals surface area contributed by atoms with Crippen molar-refractivity contribution in [1.82, 2.24) is 4.90 Å². The van der Waals surface area contributed by atoms with Crippen LogP contribution in [-0.2, 0) is 9.53 Å². The maximum Gasteiger partial charge on any atom is 0.266 e. The summed E-state index contributed by atoms with van der Waals surface area (Å²) < 4.78 is 6.22. The summed E-state index contributed by atoms with van der Waals surface area (Å²) in [5, 5.41) is 0.404. The van der Waals surface area contributed by atoms with Gasteiger partial charge in [0.2, 0.25) is 5.91 Å². The Morgan fingerprint density at radius 1 is 0.697 bits per heavy atom. The Labute approximate surface area is 211 Å². The molecule has 1 aliphatic rings. The van der Waals surface area contributed by atoms with Crippen LogP contribution in [-0.4, -0.2) is 28.1 Å². The van der Waals surface area contributed by atoms with Crippen LogP contribution >= 0.6 is 12.2 Å². The van der Waals surface area contributed by atoms with Crippen LogP contribution in [0.15, 0.2) is 0 Å². The molecule has 0 bridgehead atoms. The van der Waals surface area contributed by atoms with E-state index in [-0.39, 0.29) is 11.5 Å². The minimum Gasteiger partial charge on any atom is -0.462 e. The highest BCUT2D eigenvalue weighted by Crippen LogP contribution is 2.34. The molecule has 0 atom stereocenters. The summed E-state index contributed by atoms with van der Waals surface area (Å²) in [5.41, 5.74) is -0.233. The number of unbranched alkanes of at least 4 members (excludes halogenated alkanes) is 18. The Hall–Kier alpha value is -0.640. The normalized spacial score (nSPS) is 15.2. The number of ether oxygens (including phenoxy) is 1. The number of hydrogen-bond donors (Lipinski definition) is 0. The van der Waals surface area contributed by atoms with Gasteiger partial charge < -0.3 is 4.74 Å². The summed E-state index contributed by atoms with van der Waals surface area (Å²) in [6, 6.07) is 0. The van der Waals surface area contributed by atoms with Gasteiger partial charge in [0.15, 0.2) is 0 Å². The fourth-order valence-electron chi connectivity index (χ4n) is 5.12. The van der Waals surface area contributed by atoms with Gasteiger partial charge in [-0.3, -0.25) is 9.69 Å². The first-order valence-electron chi connectivity index (χ1n) is 14.6. The van der Waals surface area contributed by atoms with Crippen molar-refractivity contribution in [3.63, 3.8) is 0 Å². The third kappa shape index (κ3) is 14.4. The first kappa shape index (κ1) is 30.4. The fourth-order valence-corrected chi connectivity index (χ4v) is 5.49. The number of carbonyl (C=O) groups excluding carboxylic acids is 1. The zero-order valence-corrected chi connectivity index (χ0v) is 23.3. The largest absolute Gasteiger partial charge is 0.462 e. The predicted octanol–water partition coefficient (Wildman–Crippen LogP) is 9.51. The first-order valence-corrected chi connectivity index (χ1v) is 15.0. The van der Waals surface area contributed by atoms with Crippen molar-refractivity contribution in [2.45, 2.75) is 168 Å². The topological polar surface area (TPSA) is 29.5 Å². The van der Waals surface area contributed by atoms with E-state index in [1.807, 2.05) is 0 Å². The van der Waals surface area contributed by atoms with E-state index in [4.69, 9.17) is 17.0 Å². The highest BCUT2D eigenvalue weighted by atomic mass is 32.1. The molecule has 194 valence electrons. The van der Waals surface area contributed by atoms with E-state index >= 15 is 0 Å². The van der Waals surface area contributed by atoms with E-state index in [1.165, 1.54) is 128 Å². The molecule has 4 heteroatoms. The molecule has 3 nitrogen and oxygen atoms in total. The Bertz CT molecular complexity index is 484. The van der Waals surface area contributed by atoms with Crippen LogP contribution < -0.4 is 0 Å². The zero-order chi connectivity index (χ0) is 24.2. The molecular formula is C29H55NO2S. The SMILES string of the molecule is CCCCCCCCCCCCC1(CCCCCCCCCCCC)CN(C(C)=O)C(=S)O1. The van der Waals surface area contributed by atoms with E-state index in [2.05, 4.69) is 13.8 Å². The van der Waals surface area contributed by atoms with Gasteiger partial charge >= 0.3 is 0 Å². The molecule has 1 aliphatic heterocycles. The molecule has 0 N–H and O–H groups in total. The van der Waals surface area contributed by atoms with Crippen LogP contribution in [0.5, 0.6) is 0 Å². The van der Waals surface area contributed by atoms with Gasteiger partial charge in [-0.25, -0.2) is 0 Å². The summed E-state index contributed by atoms with van der Waals surface area (Å²) in [6.45, 7) is 6.82. The number of nitrogens with zero attached hydrogens (tertiary/aromatic N) is 1. The molecule has 0 spiro atoms. The van der Waals surface area contributed by atoms with Crippen LogP contribution in [0.3, 0.4) is 0 Å². The highest BCUT2D eigenvalue weighted by Gasteiger charge is 2.43. The fraction of sp³-hybridized carbons (Fsp3) is 0.931. The second-order valence-corrected chi connectivity index (χ2v) is 10.9. The quantitative estimate of drug-likeness (QED) is 0.114. The van der Waals surface area contributed by atoms with Crippen molar-refractivity contribution in [1.29, 1.82) is 0 Å². The van der Waals surface area contributed by atoms with Gasteiger partial charge in [-0.2, -0.15) is 0 Å². The monoisotopic (exact) mass is 481 g/mol. The lowest BCUT2D eigenvalue weighted by Gasteiger charge is -2.27. The minimum absolute atomic E-state index is 0.0213. The molecule has 0 aliphatic carbocycles. The summed E-state index contributed by atoms with van der Waals surface area (Å²) in [5.74, 6) is 0.0213. The highest BCUT2D eigenvalue weighted by molar-refractivity contribution is 7.80. The van der Waals surface area contributed by atoms with Crippen LogP contribution in [0, 0.1) is 0 Å². The lowest BCUT2D eigenvalue weighted by atomic mass is 9.89. The number of rotatable bonds is 22. The summed E-state index contributed by atoms with van der Waals surface area (Å²) in [6.07, 6.45) is 28.9. The molecule has 1 rings (SSSR count). The van der Waals surface area contributed by atoms with Crippen molar-refractivity contribution < 1.29 is 9.53 Å². The molecule has 1 heterocycles. The van der Waals surface area contributed by atoms with Crippen LogP contribution in [0.2, 0.25) is 0 Å². The maximum atomic E-state index is 12.0. The smallest absolute Gasteiger partial charge is 0.266 e. The molecular weight excluding hydrogens is 426 g/mol. The summed E-state index contributed by atoms with van der Waals surface area (Å²) >= 11 is 5.41. The molecule has 1 saturated heterocycles. The van der Waals surface area contributed by atoms with E-state index in [1.54, 1.807) is 11.8 Å². The standard InChI is InChI=1S/C29H55NO2S/c1-4-6-8-10-12-14-16-18-20-22-24-29(26-30(27(3)31)28(33)32-29)25-23-21-19-17-15-13-11-9-7-5-2/h4-26H2,1-3H3. The third-order valence-corrected chi connectivity index (χ3v) is 7.63. The van der Waals surface area contributed by atoms with Crippen molar-refractivity contribution in [3.05, 3.63) is 0 Å². The lowest BCUT2D eigenvalue weighted by molar-refractivity contribution is -0.125. The number of hydrogen-bond acceptors (Lipinski definition) is 3. The molecule has 0 aromatic carbocycles. The maximum absolute atomic E-state index is 12.0. The van der Waals surface area contributed by atoms with Gasteiger partial charge in [-0.05, 0) is 37.9 Å². The second kappa shape index (κ2) is 19.6. The van der Waals surface area contributed by atoms with Gasteiger partial charge in [-0.1, -0.05) is 129 Å². The Morgan fingerprint density at radius 2 is 1.03 bits per heavy atom. The lowest BCUT2D eigenvalue weighted by Crippen LogP contribution is -2.36. The summed E-state index contributed by atoms with van der Waals surface area (Å²) in [4.78, 5) is 13.7. The molecule has 1 fully saturated rings. The summed E-state index contributed by atoms with van der Waals surface area (Å²) in [7, 11) is 0. The van der Waals surface area contributed by atoms with E-state index in [9.17, 15) is 4.79 Å². The van der Waals surface area contributed by atoms with Crippen molar-refractivity contribution in [2.24, 2.45) is 0 Å². The van der Waals surface area contributed by atoms with Gasteiger partial charge in [0.05, 0.1) is 6.54 Å². The average molecular weight is 482 g/mol. The second-order valence-electron chi connectivity index (χ2n) is 10.5. The van der Waals surface area contributed by atoms with E-state index in [0.717, 1.165) is 12.8 Å². The molecule has 0 aromatic heterocycles. The number of amides is 1. The molecule has 0 radical (unpaired) electrons. The van der Waals surface area contributed by atoms with Crippen LogP contribution in [0.1, 0.15) is 162 Å². The molecule has 0 aromatic rings. The number of thiocarbonyl (C=S) groups is 1. The number of carbonyl (C=O) groups is 1. The van der Waals surface area contributed by atoms with E-state index < -0.39 is 0 Å². The Balaban J connectivity index is 2.25. The first-order chi connectivity index (χ1) is 16.0. The van der Waals surface area contributed by atoms with Gasteiger partial charge in [-0.15, -0.1) is 0 Å². The predicted molar refractivity (Wildman–Crippen MR) is 147 cm³/mol. The van der Waals surface area contributed by atoms with Crippen molar-refractivity contribution in [2.75, 3.05) is 6.54 Å². The van der Waals surface area contributed by atoms with Gasteiger partial charge in [0, 0.05) is 6.92 Å². The Kier molecular flexibility index (Phi) is 18.1. The van der Waals surface area contributed by atoms with Gasteiger partial charge in [0.25, 0.3) is 5.17 Å². The van der Waals surface area contributed by atoms with Gasteiger partial charge in [0.1, 0.15) is 5.60 Å². The van der Waals surface area contributed by atoms with Crippen molar-refractivity contribution >= 4 is 23.3 Å². The molecule has 0 unspecified atom stereocenters. The average Bonchev–Trinajstić information content (AvgIpc) is 3.13. The molecule has 0 saturated carbocycles. The van der Waals surface area contributed by atoms with Crippen LogP contribution in [0.25, 0.3) is 0 Å². The minimum atomic E-state index is -0.233.